The number of hydrogen-bond acceptors (Lipinski definition) is 4. The first-order valence-electron chi connectivity index (χ1n) is 8.75. The van der Waals surface area contributed by atoms with E-state index in [9.17, 15) is 4.79 Å². The highest BCUT2D eigenvalue weighted by Gasteiger charge is 2.13. The van der Waals surface area contributed by atoms with Gasteiger partial charge in [-0.05, 0) is 62.3 Å². The third-order valence-corrected chi connectivity index (χ3v) is 4.42. The highest BCUT2D eigenvalue weighted by atomic mass is 32.1. The normalized spacial score (nSPS) is 13.3. The lowest BCUT2D eigenvalue weighted by atomic mass is 10.2. The van der Waals surface area contributed by atoms with E-state index in [1.54, 1.807) is 0 Å². The Balaban J connectivity index is 1.48. The van der Waals surface area contributed by atoms with E-state index in [1.807, 2.05) is 49.4 Å². The fourth-order valence-corrected chi connectivity index (χ4v) is 3.10. The van der Waals surface area contributed by atoms with Crippen LogP contribution >= 0.6 is 12.2 Å². The Bertz CT molecular complexity index is 771. The Hall–Kier alpha value is -2.60. The zero-order valence-corrected chi connectivity index (χ0v) is 15.6. The van der Waals surface area contributed by atoms with Gasteiger partial charge in [0.05, 0.1) is 0 Å². The van der Waals surface area contributed by atoms with Crippen LogP contribution in [0.2, 0.25) is 0 Å². The zero-order valence-electron chi connectivity index (χ0n) is 14.8. The Kier molecular flexibility index (Phi) is 6.07. The Morgan fingerprint density at radius 2 is 1.88 bits per heavy atom. The second kappa shape index (κ2) is 8.67. The summed E-state index contributed by atoms with van der Waals surface area (Å²) in [6.07, 6.45) is 2.46. The van der Waals surface area contributed by atoms with E-state index in [-0.39, 0.29) is 17.6 Å². The summed E-state index contributed by atoms with van der Waals surface area (Å²) in [5.74, 6) is 0.363. The minimum Gasteiger partial charge on any atom is -0.484 e. The van der Waals surface area contributed by atoms with Crippen LogP contribution in [0.3, 0.4) is 0 Å². The molecule has 0 radical (unpaired) electrons. The van der Waals surface area contributed by atoms with Gasteiger partial charge in [-0.15, -0.1) is 0 Å². The number of ether oxygens (including phenoxy) is 1. The molecule has 0 unspecified atom stereocenters. The van der Waals surface area contributed by atoms with Gasteiger partial charge in [-0.25, -0.2) is 0 Å². The number of thiocarbonyl (C=S) groups is 1. The molecule has 1 fully saturated rings. The molecule has 3 rings (SSSR count). The predicted octanol–water partition coefficient (Wildman–Crippen LogP) is 3.49. The van der Waals surface area contributed by atoms with Crippen molar-refractivity contribution in [2.24, 2.45) is 0 Å². The number of nitrogens with zero attached hydrogens (tertiary/aromatic N) is 1. The summed E-state index contributed by atoms with van der Waals surface area (Å²) >= 11 is 5.23. The molecule has 2 aromatic rings. The van der Waals surface area contributed by atoms with Gasteiger partial charge < -0.3 is 15.0 Å². The molecule has 2 N–H and O–H groups in total. The van der Waals surface area contributed by atoms with Gasteiger partial charge in [0.25, 0.3) is 5.91 Å². The van der Waals surface area contributed by atoms with Crippen molar-refractivity contribution in [2.45, 2.75) is 19.8 Å². The van der Waals surface area contributed by atoms with Crippen LogP contribution in [0, 0.1) is 6.92 Å². The molecule has 0 atom stereocenters. The molecule has 6 heteroatoms. The van der Waals surface area contributed by atoms with Gasteiger partial charge >= 0.3 is 0 Å². The first-order chi connectivity index (χ1) is 12.6. The SMILES string of the molecule is Cc1ccc(OCC(=O)NC(=S)Nc2cccc(N3CCCC3)c2)cc1. The average Bonchev–Trinajstić information content (AvgIpc) is 3.16. The summed E-state index contributed by atoms with van der Waals surface area (Å²) in [4.78, 5) is 14.3. The van der Waals surface area contributed by atoms with Crippen LogP contribution < -0.4 is 20.3 Å². The summed E-state index contributed by atoms with van der Waals surface area (Å²) in [5.41, 5.74) is 3.17. The number of anilines is 2. The van der Waals surface area contributed by atoms with Crippen molar-refractivity contribution < 1.29 is 9.53 Å². The molecule has 0 spiro atoms. The first-order valence-corrected chi connectivity index (χ1v) is 9.16. The Morgan fingerprint density at radius 3 is 2.62 bits per heavy atom. The fraction of sp³-hybridized carbons (Fsp3) is 0.300. The lowest BCUT2D eigenvalue weighted by Gasteiger charge is -2.19. The van der Waals surface area contributed by atoms with Crippen molar-refractivity contribution in [3.63, 3.8) is 0 Å². The number of carbonyl (C=O) groups excluding carboxylic acids is 1. The lowest BCUT2D eigenvalue weighted by molar-refractivity contribution is -0.121. The predicted molar refractivity (Wildman–Crippen MR) is 109 cm³/mol. The minimum absolute atomic E-state index is 0.0846. The molecule has 1 saturated heterocycles. The van der Waals surface area contributed by atoms with Crippen LogP contribution in [0.5, 0.6) is 5.75 Å². The molecule has 0 aliphatic carbocycles. The zero-order chi connectivity index (χ0) is 18.4. The fourth-order valence-electron chi connectivity index (χ4n) is 2.86. The maximum Gasteiger partial charge on any atom is 0.264 e. The van der Waals surface area contributed by atoms with E-state index in [0.717, 1.165) is 24.3 Å². The number of amides is 1. The molecule has 26 heavy (non-hydrogen) atoms. The topological polar surface area (TPSA) is 53.6 Å². The molecule has 136 valence electrons. The second-order valence-electron chi connectivity index (χ2n) is 6.35. The molecule has 0 bridgehead atoms. The van der Waals surface area contributed by atoms with Gasteiger partial charge in [-0.2, -0.15) is 0 Å². The van der Waals surface area contributed by atoms with E-state index in [4.69, 9.17) is 17.0 Å². The molecule has 0 aromatic heterocycles. The van der Waals surface area contributed by atoms with Crippen LogP contribution in [-0.4, -0.2) is 30.7 Å². The van der Waals surface area contributed by atoms with Gasteiger partial charge in [0.1, 0.15) is 5.75 Å². The Morgan fingerprint density at radius 1 is 1.15 bits per heavy atom. The van der Waals surface area contributed by atoms with Crippen molar-refractivity contribution in [3.8, 4) is 5.75 Å². The maximum absolute atomic E-state index is 12.0. The smallest absolute Gasteiger partial charge is 0.264 e. The van der Waals surface area contributed by atoms with E-state index >= 15 is 0 Å². The molecule has 5 nitrogen and oxygen atoms in total. The monoisotopic (exact) mass is 369 g/mol. The van der Waals surface area contributed by atoms with E-state index in [1.165, 1.54) is 18.5 Å². The van der Waals surface area contributed by atoms with Crippen molar-refractivity contribution in [1.29, 1.82) is 0 Å². The summed E-state index contributed by atoms with van der Waals surface area (Å²) < 4.78 is 5.45. The number of hydrogen-bond donors (Lipinski definition) is 2. The molecular weight excluding hydrogens is 346 g/mol. The summed E-state index contributed by atoms with van der Waals surface area (Å²) in [6, 6.07) is 15.6. The number of nitrogens with one attached hydrogen (secondary N) is 2. The van der Waals surface area contributed by atoms with Crippen molar-refractivity contribution in [1.82, 2.24) is 5.32 Å². The number of rotatable bonds is 5. The van der Waals surface area contributed by atoms with Gasteiger partial charge in [0.2, 0.25) is 0 Å². The highest BCUT2D eigenvalue weighted by Crippen LogP contribution is 2.23. The quantitative estimate of drug-likeness (QED) is 0.790. The molecule has 1 aliphatic heterocycles. The van der Waals surface area contributed by atoms with Crippen LogP contribution in [0.15, 0.2) is 48.5 Å². The maximum atomic E-state index is 12.0. The molecule has 1 amide bonds. The van der Waals surface area contributed by atoms with Crippen molar-refractivity contribution in [2.75, 3.05) is 29.9 Å². The second-order valence-corrected chi connectivity index (χ2v) is 6.76. The van der Waals surface area contributed by atoms with Gasteiger partial charge in [0, 0.05) is 24.5 Å². The molecule has 1 heterocycles. The molecular formula is C20H23N3O2S. The molecule has 2 aromatic carbocycles. The highest BCUT2D eigenvalue weighted by molar-refractivity contribution is 7.80. The number of carbonyl (C=O) groups is 1. The third-order valence-electron chi connectivity index (χ3n) is 4.22. The van der Waals surface area contributed by atoms with Gasteiger partial charge in [0.15, 0.2) is 11.7 Å². The van der Waals surface area contributed by atoms with Crippen molar-refractivity contribution >= 4 is 34.6 Å². The molecule has 1 aliphatic rings. The minimum atomic E-state index is -0.293. The largest absolute Gasteiger partial charge is 0.484 e. The molecule has 0 saturated carbocycles. The van der Waals surface area contributed by atoms with Crippen molar-refractivity contribution in [3.05, 3.63) is 54.1 Å². The van der Waals surface area contributed by atoms with Crippen LogP contribution in [0.1, 0.15) is 18.4 Å². The lowest BCUT2D eigenvalue weighted by Crippen LogP contribution is -2.37. The van der Waals surface area contributed by atoms with Crippen LogP contribution in [-0.2, 0) is 4.79 Å². The van der Waals surface area contributed by atoms with Crippen LogP contribution in [0.25, 0.3) is 0 Å². The Labute approximate surface area is 159 Å². The summed E-state index contributed by atoms with van der Waals surface area (Å²) in [6.45, 7) is 4.08. The summed E-state index contributed by atoms with van der Waals surface area (Å²) in [7, 11) is 0. The van der Waals surface area contributed by atoms with Gasteiger partial charge in [-0.1, -0.05) is 23.8 Å². The average molecular weight is 369 g/mol. The van der Waals surface area contributed by atoms with Gasteiger partial charge in [-0.3, -0.25) is 10.1 Å². The van der Waals surface area contributed by atoms with E-state index in [2.05, 4.69) is 21.6 Å². The number of aryl methyl sites for hydroxylation is 1. The third kappa shape index (κ3) is 5.20. The summed E-state index contributed by atoms with van der Waals surface area (Å²) in [5, 5.41) is 5.97. The van der Waals surface area contributed by atoms with E-state index in [0.29, 0.717) is 5.75 Å². The number of benzene rings is 2. The first kappa shape index (κ1) is 18.2. The van der Waals surface area contributed by atoms with Crippen LogP contribution in [0.4, 0.5) is 11.4 Å². The van der Waals surface area contributed by atoms with E-state index < -0.39 is 0 Å². The standard InChI is InChI=1S/C20H23N3O2S/c1-15-7-9-18(10-8-15)25-14-19(24)22-20(26)21-16-5-4-6-17(13-16)23-11-2-3-12-23/h4-10,13H,2-3,11-12,14H2,1H3,(H2,21,22,24,26).